The third-order valence-electron chi connectivity index (χ3n) is 2.79. The Kier molecular flexibility index (Phi) is 4.20. The predicted octanol–water partition coefficient (Wildman–Crippen LogP) is 3.46. The van der Waals surface area contributed by atoms with Crippen LogP contribution >= 0.6 is 11.6 Å². The van der Waals surface area contributed by atoms with Gasteiger partial charge in [-0.3, -0.25) is 4.72 Å². The van der Waals surface area contributed by atoms with Gasteiger partial charge in [-0.05, 0) is 30.7 Å². The van der Waals surface area contributed by atoms with Gasteiger partial charge in [0.1, 0.15) is 5.75 Å². The van der Waals surface area contributed by atoms with Gasteiger partial charge in [0.2, 0.25) is 0 Å². The lowest BCUT2D eigenvalue weighted by molar-refractivity contribution is 0.415. The molecule has 2 aromatic rings. The molecule has 0 saturated heterocycles. The van der Waals surface area contributed by atoms with Crippen molar-refractivity contribution in [2.45, 2.75) is 11.8 Å². The van der Waals surface area contributed by atoms with Crippen molar-refractivity contribution in [3.8, 4) is 5.75 Å². The number of sulfonamides is 1. The smallest absolute Gasteiger partial charge is 0.262 e. The zero-order chi connectivity index (χ0) is 14.8. The number of hydrogen-bond donors (Lipinski definition) is 1. The molecule has 0 unspecified atom stereocenters. The molecule has 20 heavy (non-hydrogen) atoms. The first-order valence-electron chi connectivity index (χ1n) is 5.86. The number of methoxy groups -OCH3 is 1. The second-order valence-electron chi connectivity index (χ2n) is 4.22. The predicted molar refractivity (Wildman–Crippen MR) is 80.0 cm³/mol. The van der Waals surface area contributed by atoms with Gasteiger partial charge in [-0.1, -0.05) is 29.8 Å². The minimum Gasteiger partial charge on any atom is -0.495 e. The Balaban J connectivity index is 2.36. The number of hydrogen-bond acceptors (Lipinski definition) is 3. The van der Waals surface area contributed by atoms with Crippen molar-refractivity contribution in [1.29, 1.82) is 0 Å². The fourth-order valence-corrected chi connectivity index (χ4v) is 3.28. The van der Waals surface area contributed by atoms with Crippen molar-refractivity contribution in [2.75, 3.05) is 11.8 Å². The maximum Gasteiger partial charge on any atom is 0.262 e. The van der Waals surface area contributed by atoms with Crippen LogP contribution in [-0.2, 0) is 10.0 Å². The third-order valence-corrected chi connectivity index (χ3v) is 4.64. The van der Waals surface area contributed by atoms with Crippen molar-refractivity contribution in [3.63, 3.8) is 0 Å². The van der Waals surface area contributed by atoms with E-state index in [1.54, 1.807) is 43.3 Å². The molecule has 0 bridgehead atoms. The van der Waals surface area contributed by atoms with E-state index in [2.05, 4.69) is 4.72 Å². The van der Waals surface area contributed by atoms with Crippen LogP contribution in [0.2, 0.25) is 5.02 Å². The standard InChI is InChI=1S/C14H14ClNO3S/c1-10-5-3-4-6-14(10)20(17,18)16-11-7-8-12(15)13(9-11)19-2/h3-9,16H,1-2H3. The minimum atomic E-state index is -3.63. The van der Waals surface area contributed by atoms with E-state index in [-0.39, 0.29) is 4.90 Å². The number of halogens is 1. The van der Waals surface area contributed by atoms with Gasteiger partial charge >= 0.3 is 0 Å². The lowest BCUT2D eigenvalue weighted by Gasteiger charge is -2.11. The molecule has 0 aliphatic heterocycles. The first-order valence-corrected chi connectivity index (χ1v) is 7.72. The number of rotatable bonds is 4. The Morgan fingerprint density at radius 1 is 1.15 bits per heavy atom. The van der Waals surface area contributed by atoms with Gasteiger partial charge in [0.25, 0.3) is 10.0 Å². The summed E-state index contributed by atoms with van der Waals surface area (Å²) < 4.78 is 32.2. The van der Waals surface area contributed by atoms with Crippen LogP contribution < -0.4 is 9.46 Å². The number of anilines is 1. The molecule has 6 heteroatoms. The largest absolute Gasteiger partial charge is 0.495 e. The topological polar surface area (TPSA) is 55.4 Å². The van der Waals surface area contributed by atoms with Crippen molar-refractivity contribution in [2.24, 2.45) is 0 Å². The summed E-state index contributed by atoms with van der Waals surface area (Å²) in [6, 6.07) is 11.5. The van der Waals surface area contributed by atoms with Crippen LogP contribution in [0.25, 0.3) is 0 Å². The van der Waals surface area contributed by atoms with Crippen molar-refractivity contribution in [1.82, 2.24) is 0 Å². The van der Waals surface area contributed by atoms with Gasteiger partial charge in [0.15, 0.2) is 0 Å². The second kappa shape index (κ2) is 5.73. The quantitative estimate of drug-likeness (QED) is 0.940. The second-order valence-corrected chi connectivity index (χ2v) is 6.28. The molecular formula is C14H14ClNO3S. The number of benzene rings is 2. The highest BCUT2D eigenvalue weighted by atomic mass is 35.5. The maximum atomic E-state index is 12.3. The van der Waals surface area contributed by atoms with E-state index in [0.717, 1.165) is 0 Å². The van der Waals surface area contributed by atoms with Crippen LogP contribution in [0.4, 0.5) is 5.69 Å². The van der Waals surface area contributed by atoms with Gasteiger partial charge < -0.3 is 4.74 Å². The summed E-state index contributed by atoms with van der Waals surface area (Å²) >= 11 is 5.91. The normalized spacial score (nSPS) is 11.2. The Hall–Kier alpha value is -1.72. The Bertz CT molecular complexity index is 729. The fraction of sp³-hybridized carbons (Fsp3) is 0.143. The Morgan fingerprint density at radius 2 is 1.85 bits per heavy atom. The van der Waals surface area contributed by atoms with Crippen LogP contribution in [0.3, 0.4) is 0 Å². The molecule has 0 heterocycles. The summed E-state index contributed by atoms with van der Waals surface area (Å²) in [4.78, 5) is 0.244. The van der Waals surface area contributed by atoms with Gasteiger partial charge in [-0.2, -0.15) is 0 Å². The highest BCUT2D eigenvalue weighted by molar-refractivity contribution is 7.92. The molecule has 2 rings (SSSR count). The van der Waals surface area contributed by atoms with Crippen LogP contribution in [0.1, 0.15) is 5.56 Å². The molecule has 0 fully saturated rings. The molecule has 1 N–H and O–H groups in total. The molecule has 0 aromatic heterocycles. The van der Waals surface area contributed by atoms with Crippen LogP contribution in [0.15, 0.2) is 47.4 Å². The molecule has 0 amide bonds. The SMILES string of the molecule is COc1cc(NS(=O)(=O)c2ccccc2C)ccc1Cl. The monoisotopic (exact) mass is 311 g/mol. The average Bonchev–Trinajstić information content (AvgIpc) is 2.41. The van der Waals surface area contributed by atoms with E-state index in [0.29, 0.717) is 22.0 Å². The average molecular weight is 312 g/mol. The molecule has 0 aliphatic rings. The lowest BCUT2D eigenvalue weighted by Crippen LogP contribution is -2.14. The van der Waals surface area contributed by atoms with E-state index in [1.807, 2.05) is 0 Å². The van der Waals surface area contributed by atoms with Gasteiger partial charge in [-0.15, -0.1) is 0 Å². The summed E-state index contributed by atoms with van der Waals surface area (Å²) in [5, 5.41) is 0.423. The zero-order valence-electron chi connectivity index (χ0n) is 11.1. The molecule has 106 valence electrons. The minimum absolute atomic E-state index is 0.244. The molecule has 0 aliphatic carbocycles. The summed E-state index contributed by atoms with van der Waals surface area (Å²) in [6.07, 6.45) is 0. The van der Waals surface area contributed by atoms with Gasteiger partial charge in [0.05, 0.1) is 22.7 Å². The van der Waals surface area contributed by atoms with E-state index < -0.39 is 10.0 Å². The number of aryl methyl sites for hydroxylation is 1. The van der Waals surface area contributed by atoms with Gasteiger partial charge in [0, 0.05) is 6.07 Å². The van der Waals surface area contributed by atoms with Crippen molar-refractivity contribution in [3.05, 3.63) is 53.1 Å². The zero-order valence-corrected chi connectivity index (χ0v) is 12.6. The summed E-state index contributed by atoms with van der Waals surface area (Å²) in [7, 11) is -2.16. The fourth-order valence-electron chi connectivity index (χ4n) is 1.79. The first kappa shape index (κ1) is 14.7. The van der Waals surface area contributed by atoms with Crippen LogP contribution in [-0.4, -0.2) is 15.5 Å². The molecular weight excluding hydrogens is 298 g/mol. The molecule has 0 spiro atoms. The van der Waals surface area contributed by atoms with E-state index in [9.17, 15) is 8.42 Å². The van der Waals surface area contributed by atoms with Crippen LogP contribution in [0.5, 0.6) is 5.75 Å². The summed E-state index contributed by atoms with van der Waals surface area (Å²) in [6.45, 7) is 1.75. The van der Waals surface area contributed by atoms with Gasteiger partial charge in [-0.25, -0.2) is 8.42 Å². The van der Waals surface area contributed by atoms with Crippen LogP contribution in [0, 0.1) is 6.92 Å². The summed E-state index contributed by atoms with van der Waals surface area (Å²) in [5.74, 6) is 0.414. The molecule has 0 radical (unpaired) electrons. The highest BCUT2D eigenvalue weighted by Gasteiger charge is 2.16. The molecule has 0 atom stereocenters. The van der Waals surface area contributed by atoms with Crippen molar-refractivity contribution >= 4 is 27.3 Å². The Labute approximate surface area is 123 Å². The van der Waals surface area contributed by atoms with E-state index >= 15 is 0 Å². The third kappa shape index (κ3) is 3.05. The molecule has 4 nitrogen and oxygen atoms in total. The number of nitrogens with one attached hydrogen (secondary N) is 1. The molecule has 0 saturated carbocycles. The number of ether oxygens (including phenoxy) is 1. The molecule has 2 aromatic carbocycles. The van der Waals surface area contributed by atoms with E-state index in [1.165, 1.54) is 13.2 Å². The lowest BCUT2D eigenvalue weighted by atomic mass is 10.2. The maximum absolute atomic E-state index is 12.3. The van der Waals surface area contributed by atoms with Crippen molar-refractivity contribution < 1.29 is 13.2 Å². The summed E-state index contributed by atoms with van der Waals surface area (Å²) in [5.41, 5.74) is 1.08. The Morgan fingerprint density at radius 3 is 2.50 bits per heavy atom. The van der Waals surface area contributed by atoms with E-state index in [4.69, 9.17) is 16.3 Å². The highest BCUT2D eigenvalue weighted by Crippen LogP contribution is 2.28. The first-order chi connectivity index (χ1) is 9.44.